The molecule has 0 radical (unpaired) electrons. The lowest BCUT2D eigenvalue weighted by Crippen LogP contribution is -2.45. The molecule has 2 aromatic carbocycles. The molecular weight excluding hydrogens is 407 g/mol. The normalized spacial score (nSPS) is 15.9. The van der Waals surface area contributed by atoms with E-state index in [1.165, 1.54) is 16.0 Å². The molecule has 0 aromatic heterocycles. The minimum Gasteiger partial charge on any atom is -0.336 e. The van der Waals surface area contributed by atoms with E-state index < -0.39 is 11.9 Å². The summed E-state index contributed by atoms with van der Waals surface area (Å²) < 4.78 is 14.3. The maximum atomic E-state index is 14.3. The molecule has 0 saturated carbocycles. The Labute approximate surface area is 180 Å². The number of benzene rings is 2. The first-order chi connectivity index (χ1) is 14.3. The number of hydrogen-bond donors (Lipinski definition) is 1. The smallest absolute Gasteiger partial charge is 0.317 e. The first kappa shape index (κ1) is 21.8. The summed E-state index contributed by atoms with van der Waals surface area (Å²) in [4.78, 5) is 26.5. The quantitative estimate of drug-likeness (QED) is 0.772. The highest BCUT2D eigenvalue weighted by atomic mass is 35.5. The van der Waals surface area contributed by atoms with E-state index in [4.69, 9.17) is 11.6 Å². The van der Waals surface area contributed by atoms with Crippen LogP contribution in [0.2, 0.25) is 5.02 Å². The maximum Gasteiger partial charge on any atom is 0.317 e. The van der Waals surface area contributed by atoms with Crippen molar-refractivity contribution in [1.82, 2.24) is 15.2 Å². The van der Waals surface area contributed by atoms with Crippen molar-refractivity contribution in [3.8, 4) is 0 Å². The Kier molecular flexibility index (Phi) is 6.72. The SMILES string of the molecule is CC(C)NC(=O)N(C)CC(=O)N1N=C(c2ccccc2F)C[C@H]1c1ccc(Cl)cc1. The summed E-state index contributed by atoms with van der Waals surface area (Å²) in [5.74, 6) is -0.753. The van der Waals surface area contributed by atoms with Crippen LogP contribution >= 0.6 is 11.6 Å². The second-order valence-electron chi connectivity index (χ2n) is 7.50. The number of hydrazone groups is 1. The molecule has 0 aliphatic carbocycles. The summed E-state index contributed by atoms with van der Waals surface area (Å²) in [5, 5.41) is 9.10. The summed E-state index contributed by atoms with van der Waals surface area (Å²) in [6.07, 6.45) is 0.357. The Hall–Kier alpha value is -2.93. The zero-order valence-corrected chi connectivity index (χ0v) is 17.9. The molecule has 3 amide bonds. The van der Waals surface area contributed by atoms with Crippen molar-refractivity contribution in [3.63, 3.8) is 0 Å². The zero-order chi connectivity index (χ0) is 21.8. The molecule has 30 heavy (non-hydrogen) atoms. The number of nitrogens with zero attached hydrogens (tertiary/aromatic N) is 3. The summed E-state index contributed by atoms with van der Waals surface area (Å²) >= 11 is 6.00. The fraction of sp³-hybridized carbons (Fsp3) is 0.318. The summed E-state index contributed by atoms with van der Waals surface area (Å²) in [6.45, 7) is 3.53. The van der Waals surface area contributed by atoms with Gasteiger partial charge in [0, 0.05) is 30.1 Å². The first-order valence-corrected chi connectivity index (χ1v) is 10.1. The van der Waals surface area contributed by atoms with Crippen LogP contribution in [0.4, 0.5) is 9.18 Å². The highest BCUT2D eigenvalue weighted by Crippen LogP contribution is 2.34. The number of likely N-dealkylation sites (N-methyl/N-ethyl adjacent to an activating group) is 1. The van der Waals surface area contributed by atoms with Gasteiger partial charge in [-0.15, -0.1) is 0 Å². The van der Waals surface area contributed by atoms with Gasteiger partial charge in [0.25, 0.3) is 5.91 Å². The van der Waals surface area contributed by atoms with E-state index in [-0.39, 0.29) is 24.5 Å². The number of carbonyl (C=O) groups is 2. The lowest BCUT2D eigenvalue weighted by atomic mass is 9.98. The molecule has 1 atom stereocenters. The first-order valence-electron chi connectivity index (χ1n) is 9.67. The molecule has 0 saturated heterocycles. The highest BCUT2D eigenvalue weighted by molar-refractivity contribution is 6.30. The van der Waals surface area contributed by atoms with Gasteiger partial charge >= 0.3 is 6.03 Å². The fourth-order valence-corrected chi connectivity index (χ4v) is 3.37. The van der Waals surface area contributed by atoms with E-state index in [1.54, 1.807) is 37.4 Å². The molecule has 6 nitrogen and oxygen atoms in total. The third kappa shape index (κ3) is 4.97. The van der Waals surface area contributed by atoms with Crippen LogP contribution in [-0.2, 0) is 4.79 Å². The second-order valence-corrected chi connectivity index (χ2v) is 7.93. The van der Waals surface area contributed by atoms with Gasteiger partial charge in [-0.2, -0.15) is 5.10 Å². The van der Waals surface area contributed by atoms with E-state index in [1.807, 2.05) is 26.0 Å². The van der Waals surface area contributed by atoms with Crippen LogP contribution in [0.1, 0.15) is 37.4 Å². The van der Waals surface area contributed by atoms with Gasteiger partial charge < -0.3 is 10.2 Å². The predicted molar refractivity (Wildman–Crippen MR) is 115 cm³/mol. The number of rotatable bonds is 5. The van der Waals surface area contributed by atoms with E-state index >= 15 is 0 Å². The molecule has 2 aromatic rings. The van der Waals surface area contributed by atoms with E-state index in [2.05, 4.69) is 10.4 Å². The molecule has 0 fully saturated rings. The van der Waals surface area contributed by atoms with Gasteiger partial charge in [0.1, 0.15) is 12.4 Å². The summed E-state index contributed by atoms with van der Waals surface area (Å²) in [5.41, 5.74) is 1.67. The molecule has 0 spiro atoms. The third-order valence-corrected chi connectivity index (χ3v) is 4.99. The number of hydrogen-bond acceptors (Lipinski definition) is 3. The number of amides is 3. The van der Waals surface area contributed by atoms with Crippen molar-refractivity contribution < 1.29 is 14.0 Å². The van der Waals surface area contributed by atoms with Crippen molar-refractivity contribution in [3.05, 3.63) is 70.5 Å². The molecule has 1 aliphatic heterocycles. The minimum absolute atomic E-state index is 0.0469. The second kappa shape index (κ2) is 9.26. The lowest BCUT2D eigenvalue weighted by Gasteiger charge is -2.25. The summed E-state index contributed by atoms with van der Waals surface area (Å²) in [6, 6.07) is 12.7. The van der Waals surface area contributed by atoms with Crippen LogP contribution in [0.3, 0.4) is 0 Å². The van der Waals surface area contributed by atoms with E-state index in [0.29, 0.717) is 22.7 Å². The van der Waals surface area contributed by atoms with Crippen LogP contribution in [0, 0.1) is 5.82 Å². The Balaban J connectivity index is 1.87. The van der Waals surface area contributed by atoms with Crippen molar-refractivity contribution in [2.24, 2.45) is 5.10 Å². The van der Waals surface area contributed by atoms with Crippen molar-refractivity contribution in [2.75, 3.05) is 13.6 Å². The van der Waals surface area contributed by atoms with E-state index in [9.17, 15) is 14.0 Å². The predicted octanol–water partition coefficient (Wildman–Crippen LogP) is 4.21. The highest BCUT2D eigenvalue weighted by Gasteiger charge is 2.34. The number of urea groups is 1. The van der Waals surface area contributed by atoms with Crippen LogP contribution in [0.25, 0.3) is 0 Å². The molecule has 158 valence electrons. The van der Waals surface area contributed by atoms with Gasteiger partial charge in [-0.05, 0) is 37.6 Å². The Bertz CT molecular complexity index is 962. The topological polar surface area (TPSA) is 65.0 Å². The summed E-state index contributed by atoms with van der Waals surface area (Å²) in [7, 11) is 1.55. The molecule has 1 N–H and O–H groups in total. The molecule has 3 rings (SSSR count). The zero-order valence-electron chi connectivity index (χ0n) is 17.1. The van der Waals surface area contributed by atoms with Gasteiger partial charge in [0.15, 0.2) is 0 Å². The third-order valence-electron chi connectivity index (χ3n) is 4.74. The van der Waals surface area contributed by atoms with Crippen LogP contribution in [-0.4, -0.2) is 47.2 Å². The van der Waals surface area contributed by atoms with Gasteiger partial charge in [-0.3, -0.25) is 4.79 Å². The van der Waals surface area contributed by atoms with Gasteiger partial charge in [0.2, 0.25) is 0 Å². The van der Waals surface area contributed by atoms with Gasteiger partial charge in [-0.1, -0.05) is 41.9 Å². The number of nitrogens with one attached hydrogen (secondary N) is 1. The van der Waals surface area contributed by atoms with E-state index in [0.717, 1.165) is 5.56 Å². The monoisotopic (exact) mass is 430 g/mol. The molecule has 1 aliphatic rings. The van der Waals surface area contributed by atoms with Crippen molar-refractivity contribution in [1.29, 1.82) is 0 Å². The largest absolute Gasteiger partial charge is 0.336 e. The fourth-order valence-electron chi connectivity index (χ4n) is 3.25. The number of halogens is 2. The van der Waals surface area contributed by atoms with Crippen LogP contribution < -0.4 is 5.32 Å². The Morgan fingerprint density at radius 2 is 1.90 bits per heavy atom. The maximum absolute atomic E-state index is 14.3. The van der Waals surface area contributed by atoms with Crippen LogP contribution in [0.5, 0.6) is 0 Å². The Morgan fingerprint density at radius 3 is 2.53 bits per heavy atom. The molecule has 1 heterocycles. The molecular formula is C22H24ClFN4O2. The molecule has 8 heteroatoms. The van der Waals surface area contributed by atoms with Gasteiger partial charge in [0.05, 0.1) is 11.8 Å². The average Bonchev–Trinajstić information content (AvgIpc) is 3.13. The standard InChI is InChI=1S/C22H24ClFN4O2/c1-14(2)25-22(30)27(3)13-21(29)28-20(15-8-10-16(23)11-9-15)12-19(26-28)17-6-4-5-7-18(17)24/h4-11,14,20H,12-13H2,1-3H3,(H,25,30)/t20-/m0/s1. The van der Waals surface area contributed by atoms with Crippen LogP contribution in [0.15, 0.2) is 53.6 Å². The minimum atomic E-state index is -0.411. The van der Waals surface area contributed by atoms with Crippen molar-refractivity contribution >= 4 is 29.3 Å². The molecule has 0 bridgehead atoms. The van der Waals surface area contributed by atoms with Gasteiger partial charge in [-0.25, -0.2) is 14.2 Å². The van der Waals surface area contributed by atoms with Crippen molar-refractivity contribution in [2.45, 2.75) is 32.4 Å². The lowest BCUT2D eigenvalue weighted by molar-refractivity contribution is -0.133. The molecule has 0 unspecified atom stereocenters. The Morgan fingerprint density at radius 1 is 1.23 bits per heavy atom. The average molecular weight is 431 g/mol. The number of carbonyl (C=O) groups excluding carboxylic acids is 2.